The Morgan fingerprint density at radius 3 is 2.42 bits per heavy atom. The molecule has 3 aromatic carbocycles. The Balaban J connectivity index is 1.47. The predicted molar refractivity (Wildman–Crippen MR) is 143 cm³/mol. The molecule has 11 heteroatoms. The summed E-state index contributed by atoms with van der Waals surface area (Å²) in [4.78, 5) is 32.5. The maximum absolute atomic E-state index is 13.5. The van der Waals surface area contributed by atoms with Gasteiger partial charge in [0.1, 0.15) is 11.6 Å². The van der Waals surface area contributed by atoms with Gasteiger partial charge in [-0.2, -0.15) is 13.2 Å². The summed E-state index contributed by atoms with van der Waals surface area (Å²) in [5.41, 5.74) is 8.58. The first-order chi connectivity index (χ1) is 19.0. The monoisotopic (exact) mass is 545 g/mol. The maximum atomic E-state index is 13.5. The van der Waals surface area contributed by atoms with E-state index in [1.165, 1.54) is 30.5 Å². The number of carboxylic acids is 1. The number of carboxylic acid groups (broad SMARTS) is 1. The van der Waals surface area contributed by atoms with Crippen LogP contribution in [0.4, 0.5) is 19.0 Å². The molecule has 0 radical (unpaired) electrons. The number of nitrogens with two attached hydrogens (primary N) is 1. The topological polar surface area (TPSA) is 123 Å². The van der Waals surface area contributed by atoms with Gasteiger partial charge >= 0.3 is 12.1 Å². The van der Waals surface area contributed by atoms with Gasteiger partial charge < -0.3 is 16.2 Å². The van der Waals surface area contributed by atoms with E-state index in [0.29, 0.717) is 33.7 Å². The molecule has 0 saturated heterocycles. The summed E-state index contributed by atoms with van der Waals surface area (Å²) in [6.07, 6.45) is -3.02. The number of imidazole rings is 1. The molecule has 5 aromatic rings. The number of halogens is 3. The van der Waals surface area contributed by atoms with Crippen molar-refractivity contribution in [3.05, 3.63) is 107 Å². The third-order valence-electron chi connectivity index (χ3n) is 6.43. The summed E-state index contributed by atoms with van der Waals surface area (Å²) in [6, 6.07) is 17.9. The molecular weight excluding hydrogens is 523 g/mol. The van der Waals surface area contributed by atoms with E-state index in [4.69, 9.17) is 10.8 Å². The Morgan fingerprint density at radius 2 is 1.77 bits per heavy atom. The Hall–Kier alpha value is -5.19. The first kappa shape index (κ1) is 26.4. The summed E-state index contributed by atoms with van der Waals surface area (Å²) in [7, 11) is 0. The van der Waals surface area contributed by atoms with Gasteiger partial charge in [0.15, 0.2) is 0 Å². The molecular formula is C29H22F3N5O3. The van der Waals surface area contributed by atoms with Crippen molar-refractivity contribution < 1.29 is 27.9 Å². The summed E-state index contributed by atoms with van der Waals surface area (Å²) >= 11 is 0. The van der Waals surface area contributed by atoms with Crippen LogP contribution in [0.1, 0.15) is 37.4 Å². The number of nitrogen functional groups attached to an aromatic ring is 1. The number of aryl methyl sites for hydroxylation is 1. The van der Waals surface area contributed by atoms with Crippen LogP contribution in [0.2, 0.25) is 0 Å². The molecule has 0 aliphatic carbocycles. The third kappa shape index (κ3) is 5.08. The molecule has 1 amide bonds. The van der Waals surface area contributed by atoms with Gasteiger partial charge in [0.05, 0.1) is 27.7 Å². The van der Waals surface area contributed by atoms with E-state index in [1.807, 2.05) is 0 Å². The van der Waals surface area contributed by atoms with Crippen LogP contribution in [0.25, 0.3) is 28.1 Å². The smallest absolute Gasteiger partial charge is 0.416 e. The highest BCUT2D eigenvalue weighted by Gasteiger charge is 2.31. The van der Waals surface area contributed by atoms with Gasteiger partial charge in [-0.25, -0.2) is 14.8 Å². The molecule has 0 fully saturated rings. The third-order valence-corrected chi connectivity index (χ3v) is 6.43. The van der Waals surface area contributed by atoms with Crippen LogP contribution in [0.5, 0.6) is 0 Å². The van der Waals surface area contributed by atoms with Crippen molar-refractivity contribution in [2.24, 2.45) is 0 Å². The van der Waals surface area contributed by atoms with E-state index in [2.05, 4.69) is 15.3 Å². The van der Waals surface area contributed by atoms with E-state index in [-0.39, 0.29) is 29.3 Å². The molecule has 0 bridgehead atoms. The Kier molecular flexibility index (Phi) is 6.72. The quantitative estimate of drug-likeness (QED) is 0.254. The fraction of sp³-hybridized carbons (Fsp3) is 0.103. The normalized spacial score (nSPS) is 11.5. The molecule has 2 heterocycles. The minimum absolute atomic E-state index is 0.0893. The van der Waals surface area contributed by atoms with Crippen molar-refractivity contribution in [3.63, 3.8) is 0 Å². The number of rotatable bonds is 6. The number of carbonyl (C=O) groups excluding carboxylic acids is 1. The number of benzene rings is 3. The lowest BCUT2D eigenvalue weighted by atomic mass is 10.0. The van der Waals surface area contributed by atoms with Gasteiger partial charge in [0.2, 0.25) is 0 Å². The number of aromatic nitrogens is 3. The number of nitrogens with one attached hydrogen (secondary N) is 1. The lowest BCUT2D eigenvalue weighted by molar-refractivity contribution is -0.137. The van der Waals surface area contributed by atoms with Crippen LogP contribution in [-0.4, -0.2) is 31.5 Å². The number of carbonyl (C=O) groups is 2. The average Bonchev–Trinajstić information content (AvgIpc) is 3.30. The Labute approximate surface area is 225 Å². The predicted octanol–water partition coefficient (Wildman–Crippen LogP) is 5.63. The number of fused-ring (bicyclic) bond motifs is 1. The number of pyridine rings is 1. The molecule has 0 unspecified atom stereocenters. The number of aromatic carboxylic acids is 1. The van der Waals surface area contributed by atoms with Crippen molar-refractivity contribution in [1.82, 2.24) is 19.9 Å². The second-order valence-electron chi connectivity index (χ2n) is 9.09. The van der Waals surface area contributed by atoms with E-state index in [9.17, 15) is 22.8 Å². The minimum atomic E-state index is -4.54. The van der Waals surface area contributed by atoms with Crippen LogP contribution in [0, 0.1) is 6.92 Å². The average molecular weight is 546 g/mol. The van der Waals surface area contributed by atoms with Gasteiger partial charge in [0, 0.05) is 24.0 Å². The lowest BCUT2D eigenvalue weighted by Gasteiger charge is -2.13. The van der Waals surface area contributed by atoms with E-state index >= 15 is 0 Å². The summed E-state index contributed by atoms with van der Waals surface area (Å²) in [6.45, 7) is 1.83. The number of nitrogens with zero attached hydrogens (tertiary/aromatic N) is 3. The standard InChI is InChI=1S/C29H22F3N5O3/c1-16-13-18(28(39)40)6-10-21(16)27(38)35-15-17-4-8-20(9-5-17)37-24-14-19(29(30,31)32)7-11-23(24)36-26(37)22-3-2-12-34-25(22)33/h2-14H,15H2,1H3,(H2,33,34)(H,35,38)(H,39,40). The molecule has 202 valence electrons. The van der Waals surface area contributed by atoms with E-state index in [1.54, 1.807) is 47.9 Å². The molecule has 4 N–H and O–H groups in total. The molecule has 0 saturated carbocycles. The molecule has 2 aromatic heterocycles. The molecule has 0 spiro atoms. The van der Waals surface area contributed by atoms with Crippen molar-refractivity contribution >= 4 is 28.7 Å². The van der Waals surface area contributed by atoms with Crippen LogP contribution >= 0.6 is 0 Å². The largest absolute Gasteiger partial charge is 0.478 e. The first-order valence-electron chi connectivity index (χ1n) is 12.0. The van der Waals surface area contributed by atoms with E-state index < -0.39 is 17.7 Å². The summed E-state index contributed by atoms with van der Waals surface area (Å²) in [5, 5.41) is 11.9. The highest BCUT2D eigenvalue weighted by Crippen LogP contribution is 2.35. The second-order valence-corrected chi connectivity index (χ2v) is 9.09. The Bertz CT molecular complexity index is 1760. The molecule has 40 heavy (non-hydrogen) atoms. The van der Waals surface area contributed by atoms with Crippen molar-refractivity contribution in [2.75, 3.05) is 5.73 Å². The SMILES string of the molecule is Cc1cc(C(=O)O)ccc1C(=O)NCc1ccc(-n2c(-c3cccnc3N)nc3ccc(C(F)(F)F)cc32)cc1. The molecule has 0 aliphatic heterocycles. The fourth-order valence-electron chi connectivity index (χ4n) is 4.39. The van der Waals surface area contributed by atoms with Crippen LogP contribution in [0.3, 0.4) is 0 Å². The molecule has 8 nitrogen and oxygen atoms in total. The number of alkyl halides is 3. The summed E-state index contributed by atoms with van der Waals surface area (Å²) in [5.74, 6) is -0.930. The van der Waals surface area contributed by atoms with Crippen molar-refractivity contribution in [2.45, 2.75) is 19.6 Å². The zero-order valence-electron chi connectivity index (χ0n) is 21.0. The number of hydrogen-bond acceptors (Lipinski definition) is 5. The van der Waals surface area contributed by atoms with Gasteiger partial charge in [-0.1, -0.05) is 12.1 Å². The molecule has 0 atom stereocenters. The molecule has 5 rings (SSSR count). The highest BCUT2D eigenvalue weighted by atomic mass is 19.4. The summed E-state index contributed by atoms with van der Waals surface area (Å²) < 4.78 is 42.2. The van der Waals surface area contributed by atoms with Gasteiger partial charge in [0.25, 0.3) is 5.91 Å². The van der Waals surface area contributed by atoms with Gasteiger partial charge in [-0.05, 0) is 78.7 Å². The number of anilines is 1. The van der Waals surface area contributed by atoms with Gasteiger partial charge in [-0.3, -0.25) is 9.36 Å². The van der Waals surface area contributed by atoms with Crippen LogP contribution in [0.15, 0.2) is 79.0 Å². The second kappa shape index (κ2) is 10.2. The van der Waals surface area contributed by atoms with Crippen molar-refractivity contribution in [1.29, 1.82) is 0 Å². The lowest BCUT2D eigenvalue weighted by Crippen LogP contribution is -2.23. The highest BCUT2D eigenvalue weighted by molar-refractivity contribution is 5.97. The first-order valence-corrected chi connectivity index (χ1v) is 12.0. The number of amides is 1. The maximum Gasteiger partial charge on any atom is 0.416 e. The van der Waals surface area contributed by atoms with Crippen molar-refractivity contribution in [3.8, 4) is 17.1 Å². The zero-order chi connectivity index (χ0) is 28.6. The number of hydrogen-bond donors (Lipinski definition) is 3. The minimum Gasteiger partial charge on any atom is -0.478 e. The molecule has 0 aliphatic rings. The van der Waals surface area contributed by atoms with Crippen LogP contribution in [-0.2, 0) is 12.7 Å². The van der Waals surface area contributed by atoms with Gasteiger partial charge in [-0.15, -0.1) is 0 Å². The van der Waals surface area contributed by atoms with E-state index in [0.717, 1.165) is 17.7 Å². The van der Waals surface area contributed by atoms with Crippen LogP contribution < -0.4 is 11.1 Å². The zero-order valence-corrected chi connectivity index (χ0v) is 21.0. The Morgan fingerprint density at radius 1 is 1.02 bits per heavy atom. The fourth-order valence-corrected chi connectivity index (χ4v) is 4.39.